The molecule has 1 aromatic carbocycles. The number of nitrogens with zero attached hydrogens (tertiary/aromatic N) is 2. The van der Waals surface area contributed by atoms with Crippen molar-refractivity contribution in [3.05, 3.63) is 57.9 Å². The summed E-state index contributed by atoms with van der Waals surface area (Å²) in [7, 11) is 1.26. The summed E-state index contributed by atoms with van der Waals surface area (Å²) in [6.45, 7) is 0.0492. The first-order chi connectivity index (χ1) is 11.1. The second kappa shape index (κ2) is 6.20. The van der Waals surface area contributed by atoms with Crippen LogP contribution in [0.25, 0.3) is 0 Å². The van der Waals surface area contributed by atoms with Crippen LogP contribution in [0, 0.1) is 5.82 Å². The van der Waals surface area contributed by atoms with Gasteiger partial charge in [-0.2, -0.15) is 0 Å². The summed E-state index contributed by atoms with van der Waals surface area (Å²) in [5.41, 5.74) is 0.289. The van der Waals surface area contributed by atoms with Crippen molar-refractivity contribution in [3.63, 3.8) is 0 Å². The van der Waals surface area contributed by atoms with E-state index in [0.717, 1.165) is 12.8 Å². The minimum Gasteiger partial charge on any atom is -0.465 e. The zero-order valence-corrected chi connectivity index (χ0v) is 12.6. The minimum absolute atomic E-state index is 0.0492. The first kappa shape index (κ1) is 15.2. The van der Waals surface area contributed by atoms with E-state index in [1.807, 2.05) is 0 Å². The number of hydrogen-bond donors (Lipinski definition) is 1. The summed E-state index contributed by atoms with van der Waals surface area (Å²) in [4.78, 5) is 27.8. The molecule has 1 fully saturated rings. The molecule has 1 aliphatic rings. The van der Waals surface area contributed by atoms with Crippen LogP contribution in [-0.4, -0.2) is 22.6 Å². The molecule has 0 unspecified atom stereocenters. The molecule has 0 radical (unpaired) electrons. The lowest BCUT2D eigenvalue weighted by Crippen LogP contribution is -2.23. The van der Waals surface area contributed by atoms with Crippen LogP contribution >= 0.6 is 0 Å². The molecule has 23 heavy (non-hydrogen) atoms. The Balaban J connectivity index is 1.79. The van der Waals surface area contributed by atoms with E-state index < -0.39 is 11.8 Å². The third-order valence-electron chi connectivity index (χ3n) is 3.72. The van der Waals surface area contributed by atoms with Gasteiger partial charge >= 0.3 is 5.97 Å². The molecule has 2 aromatic rings. The van der Waals surface area contributed by atoms with Crippen molar-refractivity contribution in [2.24, 2.45) is 0 Å². The van der Waals surface area contributed by atoms with Crippen LogP contribution in [0.15, 0.2) is 35.4 Å². The van der Waals surface area contributed by atoms with E-state index >= 15 is 0 Å². The average Bonchev–Trinajstić information content (AvgIpc) is 3.39. The molecule has 120 valence electrons. The number of hydrogen-bond acceptors (Lipinski definition) is 5. The van der Waals surface area contributed by atoms with Gasteiger partial charge in [-0.15, -0.1) is 0 Å². The van der Waals surface area contributed by atoms with Gasteiger partial charge in [-0.3, -0.25) is 4.79 Å². The van der Waals surface area contributed by atoms with Gasteiger partial charge in [0.05, 0.1) is 12.7 Å². The van der Waals surface area contributed by atoms with Crippen LogP contribution in [-0.2, 0) is 11.3 Å². The zero-order valence-electron chi connectivity index (χ0n) is 12.6. The molecule has 1 saturated carbocycles. The highest BCUT2D eigenvalue weighted by Crippen LogP contribution is 2.33. The molecule has 1 aromatic heterocycles. The summed E-state index contributed by atoms with van der Waals surface area (Å²) in [5, 5.41) is 2.84. The summed E-state index contributed by atoms with van der Waals surface area (Å²) >= 11 is 0. The molecule has 1 N–H and O–H groups in total. The highest BCUT2D eigenvalue weighted by molar-refractivity contribution is 5.89. The van der Waals surface area contributed by atoms with Gasteiger partial charge in [-0.25, -0.2) is 14.2 Å². The Labute approximate surface area is 131 Å². The molecule has 0 saturated heterocycles. The van der Waals surface area contributed by atoms with E-state index in [-0.39, 0.29) is 35.1 Å². The van der Waals surface area contributed by atoms with Crippen molar-refractivity contribution >= 4 is 11.8 Å². The molecular formula is C16H16FN3O3. The largest absolute Gasteiger partial charge is 0.465 e. The molecule has 0 spiro atoms. The summed E-state index contributed by atoms with van der Waals surface area (Å²) in [6.07, 6.45) is 5.17. The fraction of sp³-hybridized carbons (Fsp3) is 0.312. The molecule has 1 heterocycles. The number of carbonyl (C=O) groups is 1. The molecule has 7 heteroatoms. The number of rotatable bonds is 5. The fourth-order valence-electron chi connectivity index (χ4n) is 2.32. The molecule has 6 nitrogen and oxygen atoms in total. The van der Waals surface area contributed by atoms with E-state index in [1.54, 1.807) is 17.0 Å². The second-order valence-electron chi connectivity index (χ2n) is 5.37. The normalized spacial score (nSPS) is 13.7. The Bertz CT molecular complexity index is 799. The van der Waals surface area contributed by atoms with Gasteiger partial charge in [-0.1, -0.05) is 0 Å². The van der Waals surface area contributed by atoms with E-state index in [4.69, 9.17) is 0 Å². The van der Waals surface area contributed by atoms with Crippen LogP contribution in [0.2, 0.25) is 0 Å². The zero-order chi connectivity index (χ0) is 16.4. The number of ether oxygens (including phenoxy) is 1. The number of aromatic nitrogens is 2. The Hall–Kier alpha value is -2.70. The number of esters is 1. The van der Waals surface area contributed by atoms with Crippen molar-refractivity contribution in [2.75, 3.05) is 12.4 Å². The lowest BCUT2D eigenvalue weighted by Gasteiger charge is -2.09. The van der Waals surface area contributed by atoms with Crippen LogP contribution in [0.5, 0.6) is 0 Å². The van der Waals surface area contributed by atoms with E-state index in [2.05, 4.69) is 15.0 Å². The van der Waals surface area contributed by atoms with Crippen LogP contribution in [0.4, 0.5) is 10.2 Å². The molecule has 3 rings (SSSR count). The van der Waals surface area contributed by atoms with Crippen LogP contribution in [0.3, 0.4) is 0 Å². The van der Waals surface area contributed by atoms with Gasteiger partial charge in [0.1, 0.15) is 5.82 Å². The summed E-state index contributed by atoms with van der Waals surface area (Å²) in [6, 6.07) is 4.19. The van der Waals surface area contributed by atoms with Crippen molar-refractivity contribution in [1.82, 2.24) is 9.55 Å². The number of methoxy groups -OCH3 is 1. The Morgan fingerprint density at radius 2 is 2.26 bits per heavy atom. The summed E-state index contributed by atoms with van der Waals surface area (Å²) < 4.78 is 20.1. The highest BCUT2D eigenvalue weighted by atomic mass is 19.1. The maximum absolute atomic E-state index is 13.9. The van der Waals surface area contributed by atoms with Gasteiger partial charge in [0, 0.05) is 30.5 Å². The topological polar surface area (TPSA) is 73.2 Å². The Morgan fingerprint density at radius 1 is 1.48 bits per heavy atom. The van der Waals surface area contributed by atoms with Crippen molar-refractivity contribution in [2.45, 2.75) is 25.4 Å². The molecule has 0 bridgehead atoms. The number of benzene rings is 1. The quantitative estimate of drug-likeness (QED) is 0.855. The number of anilines is 1. The molecule has 0 atom stereocenters. The lowest BCUT2D eigenvalue weighted by molar-refractivity contribution is 0.0600. The van der Waals surface area contributed by atoms with Gasteiger partial charge in [0.15, 0.2) is 5.82 Å². The number of carbonyl (C=O) groups excluding carboxylic acids is 1. The molecule has 0 amide bonds. The van der Waals surface area contributed by atoms with Gasteiger partial charge in [0.25, 0.3) is 5.56 Å². The number of nitrogens with one attached hydrogen (secondary N) is 1. The first-order valence-corrected chi connectivity index (χ1v) is 7.28. The lowest BCUT2D eigenvalue weighted by atomic mass is 10.1. The molecular weight excluding hydrogens is 301 g/mol. The maximum Gasteiger partial charge on any atom is 0.337 e. The predicted molar refractivity (Wildman–Crippen MR) is 81.8 cm³/mol. The Morgan fingerprint density at radius 3 is 2.96 bits per heavy atom. The molecule has 0 aliphatic heterocycles. The second-order valence-corrected chi connectivity index (χ2v) is 5.37. The smallest absolute Gasteiger partial charge is 0.337 e. The van der Waals surface area contributed by atoms with Gasteiger partial charge < -0.3 is 14.6 Å². The van der Waals surface area contributed by atoms with Crippen molar-refractivity contribution in [3.8, 4) is 0 Å². The minimum atomic E-state index is -0.542. The average molecular weight is 317 g/mol. The van der Waals surface area contributed by atoms with E-state index in [1.165, 1.54) is 25.3 Å². The predicted octanol–water partition coefficient (Wildman–Crippen LogP) is 2.12. The summed E-state index contributed by atoms with van der Waals surface area (Å²) in [5.74, 6) is -0.842. The number of halogens is 1. The van der Waals surface area contributed by atoms with Gasteiger partial charge in [0.2, 0.25) is 0 Å². The third kappa shape index (κ3) is 3.23. The molecule has 1 aliphatic carbocycles. The fourth-order valence-corrected chi connectivity index (χ4v) is 2.32. The maximum atomic E-state index is 13.9. The first-order valence-electron chi connectivity index (χ1n) is 7.28. The highest BCUT2D eigenvalue weighted by Gasteiger charge is 2.25. The monoisotopic (exact) mass is 317 g/mol. The van der Waals surface area contributed by atoms with Crippen molar-refractivity contribution in [1.29, 1.82) is 0 Å². The SMILES string of the molecule is COC(=O)c1ccc(F)c(CNc2nccn(C3CC3)c2=O)c1. The van der Waals surface area contributed by atoms with Gasteiger partial charge in [-0.05, 0) is 31.0 Å². The Kier molecular flexibility index (Phi) is 4.10. The standard InChI is InChI=1S/C16H16FN3O3/c1-23-16(22)10-2-5-13(17)11(8-10)9-19-14-15(21)20(7-6-18-14)12-3-4-12/h2,5-8,12H,3-4,9H2,1H3,(H,18,19). The van der Waals surface area contributed by atoms with E-state index in [0.29, 0.717) is 0 Å². The van der Waals surface area contributed by atoms with Crippen molar-refractivity contribution < 1.29 is 13.9 Å². The van der Waals surface area contributed by atoms with E-state index in [9.17, 15) is 14.0 Å². The van der Waals surface area contributed by atoms with Crippen LogP contribution in [0.1, 0.15) is 34.8 Å². The van der Waals surface area contributed by atoms with Crippen LogP contribution < -0.4 is 10.9 Å². The third-order valence-corrected chi connectivity index (χ3v) is 3.72.